The minimum absolute atomic E-state index is 0.372. The van der Waals surface area contributed by atoms with Gasteiger partial charge in [-0.05, 0) is 48.4 Å². The number of amides is 2. The Morgan fingerprint density at radius 1 is 1.25 bits per heavy atom. The van der Waals surface area contributed by atoms with E-state index in [9.17, 15) is 4.79 Å². The molecule has 0 aromatic heterocycles. The van der Waals surface area contributed by atoms with Crippen molar-refractivity contribution in [3.05, 3.63) is 58.6 Å². The van der Waals surface area contributed by atoms with Gasteiger partial charge in [0.25, 0.3) is 0 Å². The topological polar surface area (TPSA) is 85.9 Å². The standard InChI is InChI=1S/C17H18ClN3O3/c1-2-23-16-9-12(10-20-21-17(19)22)6-7-15(16)24-11-13-4-3-5-14(18)8-13/h3-10H,2,11H2,1H3,(H3,19,21,22)/b20-10+. The number of hydrogen-bond acceptors (Lipinski definition) is 4. The molecule has 7 heteroatoms. The summed E-state index contributed by atoms with van der Waals surface area (Å²) < 4.78 is 11.4. The van der Waals surface area contributed by atoms with E-state index in [2.05, 4.69) is 10.5 Å². The lowest BCUT2D eigenvalue weighted by molar-refractivity contribution is 0.249. The molecule has 6 nitrogen and oxygen atoms in total. The number of urea groups is 1. The Morgan fingerprint density at radius 3 is 2.79 bits per heavy atom. The zero-order valence-electron chi connectivity index (χ0n) is 13.2. The molecule has 0 spiro atoms. The predicted octanol–water partition coefficient (Wildman–Crippen LogP) is 3.32. The van der Waals surface area contributed by atoms with Crippen molar-refractivity contribution in [1.82, 2.24) is 5.43 Å². The van der Waals surface area contributed by atoms with Crippen LogP contribution in [-0.2, 0) is 6.61 Å². The van der Waals surface area contributed by atoms with E-state index < -0.39 is 6.03 Å². The van der Waals surface area contributed by atoms with Gasteiger partial charge in [0.2, 0.25) is 0 Å². The van der Waals surface area contributed by atoms with Gasteiger partial charge in [0, 0.05) is 5.02 Å². The molecule has 24 heavy (non-hydrogen) atoms. The number of hydrogen-bond donors (Lipinski definition) is 2. The van der Waals surface area contributed by atoms with E-state index in [-0.39, 0.29) is 0 Å². The van der Waals surface area contributed by atoms with Gasteiger partial charge in [-0.15, -0.1) is 0 Å². The number of nitrogens with two attached hydrogens (primary N) is 1. The lowest BCUT2D eigenvalue weighted by Gasteiger charge is -2.12. The van der Waals surface area contributed by atoms with Gasteiger partial charge < -0.3 is 15.2 Å². The molecule has 0 saturated heterocycles. The molecule has 0 atom stereocenters. The van der Waals surface area contributed by atoms with Crippen molar-refractivity contribution in [1.29, 1.82) is 0 Å². The fourth-order valence-corrected chi connectivity index (χ4v) is 2.16. The smallest absolute Gasteiger partial charge is 0.332 e. The fourth-order valence-electron chi connectivity index (χ4n) is 1.95. The second kappa shape index (κ2) is 8.79. The van der Waals surface area contributed by atoms with Gasteiger partial charge in [-0.2, -0.15) is 5.10 Å². The van der Waals surface area contributed by atoms with Crippen LogP contribution in [0.1, 0.15) is 18.1 Å². The highest BCUT2D eigenvalue weighted by molar-refractivity contribution is 6.30. The highest BCUT2D eigenvalue weighted by atomic mass is 35.5. The normalized spacial score (nSPS) is 10.6. The van der Waals surface area contributed by atoms with Gasteiger partial charge in [-0.3, -0.25) is 0 Å². The summed E-state index contributed by atoms with van der Waals surface area (Å²) in [5.41, 5.74) is 8.78. The number of halogens is 1. The third kappa shape index (κ3) is 5.48. The number of rotatable bonds is 7. The van der Waals surface area contributed by atoms with E-state index in [1.807, 2.05) is 31.2 Å². The Kier molecular flexibility index (Phi) is 6.45. The Labute approximate surface area is 145 Å². The van der Waals surface area contributed by atoms with Crippen LogP contribution in [0.5, 0.6) is 11.5 Å². The van der Waals surface area contributed by atoms with Gasteiger partial charge in [-0.1, -0.05) is 23.7 Å². The molecule has 0 fully saturated rings. The summed E-state index contributed by atoms with van der Waals surface area (Å²) in [4.78, 5) is 10.6. The van der Waals surface area contributed by atoms with Crippen LogP contribution in [0.3, 0.4) is 0 Å². The molecule has 0 aliphatic heterocycles. The van der Waals surface area contributed by atoms with E-state index in [4.69, 9.17) is 26.8 Å². The molecule has 0 heterocycles. The van der Waals surface area contributed by atoms with Crippen LogP contribution in [-0.4, -0.2) is 18.9 Å². The third-order valence-corrected chi connectivity index (χ3v) is 3.17. The van der Waals surface area contributed by atoms with Gasteiger partial charge in [-0.25, -0.2) is 10.2 Å². The Morgan fingerprint density at radius 2 is 2.08 bits per heavy atom. The van der Waals surface area contributed by atoms with Crippen molar-refractivity contribution in [3.8, 4) is 11.5 Å². The maximum absolute atomic E-state index is 10.6. The lowest BCUT2D eigenvalue weighted by Crippen LogP contribution is -2.24. The number of hydrazone groups is 1. The molecule has 2 rings (SSSR count). The first kappa shape index (κ1) is 17.6. The number of nitrogens with one attached hydrogen (secondary N) is 1. The maximum atomic E-state index is 10.6. The Bertz CT molecular complexity index is 735. The van der Waals surface area contributed by atoms with Gasteiger partial charge in [0.05, 0.1) is 12.8 Å². The van der Waals surface area contributed by atoms with Crippen molar-refractivity contribution in [2.45, 2.75) is 13.5 Å². The van der Waals surface area contributed by atoms with E-state index >= 15 is 0 Å². The molecule has 0 unspecified atom stereocenters. The van der Waals surface area contributed by atoms with E-state index in [0.29, 0.717) is 29.7 Å². The largest absolute Gasteiger partial charge is 0.490 e. The lowest BCUT2D eigenvalue weighted by atomic mass is 10.2. The predicted molar refractivity (Wildman–Crippen MR) is 93.7 cm³/mol. The van der Waals surface area contributed by atoms with Crippen molar-refractivity contribution in [2.24, 2.45) is 10.8 Å². The second-order valence-corrected chi connectivity index (χ2v) is 5.23. The summed E-state index contributed by atoms with van der Waals surface area (Å²) in [6.45, 7) is 2.75. The van der Waals surface area contributed by atoms with Crippen LogP contribution < -0.4 is 20.6 Å². The minimum atomic E-state index is -0.724. The molecule has 0 aliphatic carbocycles. The molecule has 126 valence electrons. The molecule has 2 aromatic carbocycles. The highest BCUT2D eigenvalue weighted by Crippen LogP contribution is 2.29. The molecule has 0 bridgehead atoms. The second-order valence-electron chi connectivity index (χ2n) is 4.79. The van der Waals surface area contributed by atoms with E-state index in [0.717, 1.165) is 11.1 Å². The van der Waals surface area contributed by atoms with Crippen LogP contribution in [0, 0.1) is 0 Å². The number of benzene rings is 2. The van der Waals surface area contributed by atoms with E-state index in [1.54, 1.807) is 18.2 Å². The SMILES string of the molecule is CCOc1cc(/C=N/NC(N)=O)ccc1OCc1cccc(Cl)c1. The average Bonchev–Trinajstić information content (AvgIpc) is 2.54. The van der Waals surface area contributed by atoms with E-state index in [1.165, 1.54) is 6.21 Å². The first-order valence-electron chi connectivity index (χ1n) is 7.31. The summed E-state index contributed by atoms with van der Waals surface area (Å²) in [5.74, 6) is 1.19. The average molecular weight is 348 g/mol. The minimum Gasteiger partial charge on any atom is -0.490 e. The zero-order valence-corrected chi connectivity index (χ0v) is 13.9. The number of ether oxygens (including phenoxy) is 2. The highest BCUT2D eigenvalue weighted by Gasteiger charge is 2.07. The molecule has 2 amide bonds. The van der Waals surface area contributed by atoms with Crippen LogP contribution in [0.2, 0.25) is 5.02 Å². The summed E-state index contributed by atoms with van der Waals surface area (Å²) in [6.07, 6.45) is 1.47. The maximum Gasteiger partial charge on any atom is 0.332 e. The molecule has 3 N–H and O–H groups in total. The molecule has 0 radical (unpaired) electrons. The summed E-state index contributed by atoms with van der Waals surface area (Å²) in [6, 6.07) is 12.1. The summed E-state index contributed by atoms with van der Waals surface area (Å²) >= 11 is 5.97. The fraction of sp³-hybridized carbons (Fsp3) is 0.176. The summed E-state index contributed by atoms with van der Waals surface area (Å²) in [5, 5.41) is 4.38. The Hall–Kier alpha value is -2.73. The van der Waals surface area contributed by atoms with Crippen LogP contribution in [0.4, 0.5) is 4.79 Å². The number of carbonyl (C=O) groups excluding carboxylic acids is 1. The van der Waals surface area contributed by atoms with Crippen LogP contribution in [0.25, 0.3) is 0 Å². The van der Waals surface area contributed by atoms with Crippen molar-refractivity contribution < 1.29 is 14.3 Å². The molecular weight excluding hydrogens is 330 g/mol. The van der Waals surface area contributed by atoms with Crippen molar-refractivity contribution >= 4 is 23.8 Å². The third-order valence-electron chi connectivity index (χ3n) is 2.94. The zero-order chi connectivity index (χ0) is 17.4. The molecular formula is C17H18ClN3O3. The molecule has 0 aliphatic rings. The number of carbonyl (C=O) groups is 1. The van der Waals surface area contributed by atoms with Crippen LogP contribution in [0.15, 0.2) is 47.6 Å². The number of primary amides is 1. The van der Waals surface area contributed by atoms with Gasteiger partial charge in [0.15, 0.2) is 11.5 Å². The number of nitrogens with zero attached hydrogens (tertiary/aromatic N) is 1. The van der Waals surface area contributed by atoms with Crippen molar-refractivity contribution in [3.63, 3.8) is 0 Å². The van der Waals surface area contributed by atoms with Crippen molar-refractivity contribution in [2.75, 3.05) is 6.61 Å². The quantitative estimate of drug-likeness (QED) is 0.595. The molecule has 0 saturated carbocycles. The first-order valence-corrected chi connectivity index (χ1v) is 7.69. The van der Waals surface area contributed by atoms with Gasteiger partial charge >= 0.3 is 6.03 Å². The monoisotopic (exact) mass is 347 g/mol. The first-order chi connectivity index (χ1) is 11.6. The molecule has 2 aromatic rings. The van der Waals surface area contributed by atoms with Gasteiger partial charge in [0.1, 0.15) is 6.61 Å². The Balaban J connectivity index is 2.10. The summed E-state index contributed by atoms with van der Waals surface area (Å²) in [7, 11) is 0. The van der Waals surface area contributed by atoms with Crippen LogP contribution >= 0.6 is 11.6 Å².